The van der Waals surface area contributed by atoms with Gasteiger partial charge in [0.15, 0.2) is 0 Å². The molecule has 0 aromatic carbocycles. The van der Waals surface area contributed by atoms with E-state index < -0.39 is 0 Å². The molecule has 2 N–H and O–H groups in total. The van der Waals surface area contributed by atoms with Crippen LogP contribution in [-0.4, -0.2) is 4.98 Å². The third-order valence-electron chi connectivity index (χ3n) is 2.79. The summed E-state index contributed by atoms with van der Waals surface area (Å²) in [5.41, 5.74) is 7.31. The Balaban J connectivity index is 2.22. The highest BCUT2D eigenvalue weighted by atomic mass is 32.1. The largest absolute Gasteiger partial charge is 0.319 e. The van der Waals surface area contributed by atoms with E-state index in [-0.39, 0.29) is 5.54 Å². The smallest absolute Gasteiger partial charge is 0.113 e. The minimum atomic E-state index is -0.0716. The van der Waals surface area contributed by atoms with Gasteiger partial charge in [0.2, 0.25) is 0 Å². The number of nitrogens with zero attached hydrogens (tertiary/aromatic N) is 1. The number of rotatable bonds is 2. The maximum absolute atomic E-state index is 6.19. The van der Waals surface area contributed by atoms with Gasteiger partial charge in [0.05, 0.1) is 11.2 Å². The maximum atomic E-state index is 6.19. The van der Waals surface area contributed by atoms with Crippen molar-refractivity contribution in [3.8, 4) is 0 Å². The lowest BCUT2D eigenvalue weighted by molar-refractivity contribution is 0.252. The lowest BCUT2D eigenvalue weighted by Crippen LogP contribution is -2.43. The van der Waals surface area contributed by atoms with Crippen LogP contribution < -0.4 is 5.73 Å². The summed E-state index contributed by atoms with van der Waals surface area (Å²) in [5, 5.41) is 3.29. The molecular formula is C10H16N2S. The first-order valence-corrected chi connectivity index (χ1v) is 5.74. The molecule has 1 fully saturated rings. The van der Waals surface area contributed by atoms with Crippen LogP contribution in [0.3, 0.4) is 0 Å². The molecule has 2 nitrogen and oxygen atoms in total. The minimum absolute atomic E-state index is 0.0716. The van der Waals surface area contributed by atoms with Crippen molar-refractivity contribution in [2.75, 3.05) is 0 Å². The van der Waals surface area contributed by atoms with Gasteiger partial charge >= 0.3 is 0 Å². The first-order valence-electron chi connectivity index (χ1n) is 4.86. The molecule has 0 unspecified atom stereocenters. The molecular weight excluding hydrogens is 180 g/mol. The van der Waals surface area contributed by atoms with Crippen molar-refractivity contribution in [2.24, 2.45) is 5.73 Å². The van der Waals surface area contributed by atoms with E-state index in [2.05, 4.69) is 24.2 Å². The van der Waals surface area contributed by atoms with Gasteiger partial charge in [-0.05, 0) is 25.2 Å². The van der Waals surface area contributed by atoms with Gasteiger partial charge in [-0.3, -0.25) is 0 Å². The molecule has 2 rings (SSSR count). The molecule has 1 heterocycles. The summed E-state index contributed by atoms with van der Waals surface area (Å²) in [6.45, 7) is 4.34. The Morgan fingerprint density at radius 3 is 2.62 bits per heavy atom. The SMILES string of the molecule is CC(C)c1csc(C2(N)CCC2)n1. The van der Waals surface area contributed by atoms with E-state index in [1.54, 1.807) is 11.3 Å². The summed E-state index contributed by atoms with van der Waals surface area (Å²) in [6, 6.07) is 0. The van der Waals surface area contributed by atoms with Crippen LogP contribution in [0.1, 0.15) is 49.7 Å². The number of hydrogen-bond donors (Lipinski definition) is 1. The number of aromatic nitrogens is 1. The average molecular weight is 196 g/mol. The normalized spacial score (nSPS) is 20.3. The highest BCUT2D eigenvalue weighted by Gasteiger charge is 2.37. The summed E-state index contributed by atoms with van der Waals surface area (Å²) in [4.78, 5) is 4.60. The standard InChI is InChI=1S/C10H16N2S/c1-7(2)8-6-13-9(12-8)10(11)4-3-5-10/h6-7H,3-5,11H2,1-2H3. The number of nitrogens with two attached hydrogens (primary N) is 1. The second-order valence-corrected chi connectivity index (χ2v) is 5.10. The van der Waals surface area contributed by atoms with E-state index in [1.165, 1.54) is 12.1 Å². The van der Waals surface area contributed by atoms with Crippen LogP contribution in [0.15, 0.2) is 5.38 Å². The fraction of sp³-hybridized carbons (Fsp3) is 0.700. The van der Waals surface area contributed by atoms with E-state index in [1.807, 2.05) is 0 Å². The summed E-state index contributed by atoms with van der Waals surface area (Å²) in [7, 11) is 0. The quantitative estimate of drug-likeness (QED) is 0.789. The van der Waals surface area contributed by atoms with Crippen molar-refractivity contribution in [1.82, 2.24) is 4.98 Å². The van der Waals surface area contributed by atoms with Gasteiger partial charge in [0, 0.05) is 5.38 Å². The molecule has 1 saturated carbocycles. The van der Waals surface area contributed by atoms with E-state index in [0.29, 0.717) is 5.92 Å². The number of thiazole rings is 1. The fourth-order valence-electron chi connectivity index (χ4n) is 1.55. The lowest BCUT2D eigenvalue weighted by Gasteiger charge is -2.35. The second-order valence-electron chi connectivity index (χ2n) is 4.24. The summed E-state index contributed by atoms with van der Waals surface area (Å²) in [6.07, 6.45) is 3.48. The predicted molar refractivity (Wildman–Crippen MR) is 55.9 cm³/mol. The van der Waals surface area contributed by atoms with Crippen molar-refractivity contribution in [3.63, 3.8) is 0 Å². The molecule has 0 bridgehead atoms. The van der Waals surface area contributed by atoms with Gasteiger partial charge in [0.25, 0.3) is 0 Å². The molecule has 3 heteroatoms. The van der Waals surface area contributed by atoms with E-state index >= 15 is 0 Å². The minimum Gasteiger partial charge on any atom is -0.319 e. The van der Waals surface area contributed by atoms with Crippen LogP contribution in [0.25, 0.3) is 0 Å². The van der Waals surface area contributed by atoms with Gasteiger partial charge in [-0.25, -0.2) is 4.98 Å². The fourth-order valence-corrected chi connectivity index (χ4v) is 2.71. The van der Waals surface area contributed by atoms with Crippen molar-refractivity contribution >= 4 is 11.3 Å². The molecule has 1 aliphatic carbocycles. The van der Waals surface area contributed by atoms with Gasteiger partial charge in [-0.15, -0.1) is 11.3 Å². The summed E-state index contributed by atoms with van der Waals surface area (Å²) >= 11 is 1.72. The third kappa shape index (κ3) is 1.51. The highest BCUT2D eigenvalue weighted by Crippen LogP contribution is 2.40. The van der Waals surface area contributed by atoms with Crippen molar-refractivity contribution in [1.29, 1.82) is 0 Å². The molecule has 0 radical (unpaired) electrons. The molecule has 0 amide bonds. The zero-order valence-electron chi connectivity index (χ0n) is 8.21. The van der Waals surface area contributed by atoms with Crippen molar-refractivity contribution in [3.05, 3.63) is 16.1 Å². The Morgan fingerprint density at radius 2 is 2.23 bits per heavy atom. The molecule has 1 aromatic rings. The Bertz CT molecular complexity index is 300. The molecule has 1 aliphatic rings. The van der Waals surface area contributed by atoms with E-state index in [0.717, 1.165) is 17.8 Å². The Morgan fingerprint density at radius 1 is 1.54 bits per heavy atom. The highest BCUT2D eigenvalue weighted by molar-refractivity contribution is 7.09. The van der Waals surface area contributed by atoms with Gasteiger partial charge in [-0.2, -0.15) is 0 Å². The van der Waals surface area contributed by atoms with Crippen LogP contribution in [0, 0.1) is 0 Å². The zero-order valence-corrected chi connectivity index (χ0v) is 9.03. The van der Waals surface area contributed by atoms with Crippen molar-refractivity contribution in [2.45, 2.75) is 44.6 Å². The third-order valence-corrected chi connectivity index (χ3v) is 3.87. The average Bonchev–Trinajstić information content (AvgIpc) is 2.48. The lowest BCUT2D eigenvalue weighted by atomic mass is 9.78. The number of hydrogen-bond acceptors (Lipinski definition) is 3. The van der Waals surface area contributed by atoms with Crippen LogP contribution in [0.4, 0.5) is 0 Å². The molecule has 72 valence electrons. The molecule has 0 spiro atoms. The summed E-state index contributed by atoms with van der Waals surface area (Å²) < 4.78 is 0. The first kappa shape index (κ1) is 9.16. The topological polar surface area (TPSA) is 38.9 Å². The molecule has 1 aromatic heterocycles. The van der Waals surface area contributed by atoms with Gasteiger partial charge < -0.3 is 5.73 Å². The molecule has 0 aliphatic heterocycles. The monoisotopic (exact) mass is 196 g/mol. The van der Waals surface area contributed by atoms with Gasteiger partial charge in [0.1, 0.15) is 5.01 Å². The first-order chi connectivity index (χ1) is 6.12. The van der Waals surface area contributed by atoms with Crippen LogP contribution in [-0.2, 0) is 5.54 Å². The molecule has 0 atom stereocenters. The van der Waals surface area contributed by atoms with E-state index in [4.69, 9.17) is 5.73 Å². The maximum Gasteiger partial charge on any atom is 0.113 e. The Kier molecular flexibility index (Phi) is 2.16. The van der Waals surface area contributed by atoms with Gasteiger partial charge in [-0.1, -0.05) is 13.8 Å². The molecule has 0 saturated heterocycles. The van der Waals surface area contributed by atoms with Crippen LogP contribution >= 0.6 is 11.3 Å². The summed E-state index contributed by atoms with van der Waals surface area (Å²) in [5.74, 6) is 0.522. The van der Waals surface area contributed by atoms with Crippen molar-refractivity contribution < 1.29 is 0 Å². The molecule has 13 heavy (non-hydrogen) atoms. The zero-order chi connectivity index (χ0) is 9.47. The Hall–Kier alpha value is -0.410. The van der Waals surface area contributed by atoms with E-state index in [9.17, 15) is 0 Å². The van der Waals surface area contributed by atoms with Crippen LogP contribution in [0.5, 0.6) is 0 Å². The Labute approximate surface area is 83.2 Å². The second kappa shape index (κ2) is 3.07. The predicted octanol–water partition coefficient (Wildman–Crippen LogP) is 2.60. The van der Waals surface area contributed by atoms with Crippen LogP contribution in [0.2, 0.25) is 0 Å².